The second-order valence-corrected chi connectivity index (χ2v) is 4.60. The molecule has 0 saturated heterocycles. The topological polar surface area (TPSA) is 51.0 Å². The van der Waals surface area contributed by atoms with Crippen LogP contribution in [0.3, 0.4) is 0 Å². The summed E-state index contributed by atoms with van der Waals surface area (Å²) in [7, 11) is 0. The van der Waals surface area contributed by atoms with Crippen LogP contribution in [0, 0.1) is 11.8 Å². The highest BCUT2D eigenvalue weighted by molar-refractivity contribution is 5.15. The van der Waals surface area contributed by atoms with Gasteiger partial charge in [0.2, 0.25) is 11.8 Å². The van der Waals surface area contributed by atoms with Crippen molar-refractivity contribution in [3.05, 3.63) is 11.8 Å². The average Bonchev–Trinajstić information content (AvgIpc) is 2.73. The van der Waals surface area contributed by atoms with E-state index in [4.69, 9.17) is 4.42 Å². The highest BCUT2D eigenvalue weighted by atomic mass is 16.4. The maximum atomic E-state index is 5.66. The molecule has 2 atom stereocenters. The molecular weight excluding hydrogens is 190 g/mol. The van der Waals surface area contributed by atoms with Gasteiger partial charge in [-0.3, -0.25) is 0 Å². The van der Waals surface area contributed by atoms with Crippen molar-refractivity contribution >= 4 is 0 Å². The summed E-state index contributed by atoms with van der Waals surface area (Å²) in [5.41, 5.74) is 0. The zero-order valence-electron chi connectivity index (χ0n) is 9.07. The van der Waals surface area contributed by atoms with Crippen molar-refractivity contribution < 1.29 is 4.42 Å². The molecule has 4 nitrogen and oxygen atoms in total. The monoisotopic (exact) mass is 207 g/mol. The zero-order chi connectivity index (χ0) is 10.3. The quantitative estimate of drug-likeness (QED) is 0.816. The molecule has 2 aliphatic carbocycles. The van der Waals surface area contributed by atoms with Crippen LogP contribution in [0.5, 0.6) is 0 Å². The molecule has 1 heterocycles. The lowest BCUT2D eigenvalue weighted by Gasteiger charge is -1.96. The second kappa shape index (κ2) is 3.59. The lowest BCUT2D eigenvalue weighted by molar-refractivity contribution is 0.421. The van der Waals surface area contributed by atoms with Crippen molar-refractivity contribution in [2.24, 2.45) is 11.8 Å². The fraction of sp³-hybridized carbons (Fsp3) is 0.818. The summed E-state index contributed by atoms with van der Waals surface area (Å²) in [4.78, 5) is 0. The first kappa shape index (κ1) is 9.33. The van der Waals surface area contributed by atoms with Crippen LogP contribution in [0.25, 0.3) is 0 Å². The van der Waals surface area contributed by atoms with Gasteiger partial charge < -0.3 is 9.73 Å². The molecule has 0 amide bonds. The van der Waals surface area contributed by atoms with Gasteiger partial charge in [-0.2, -0.15) is 0 Å². The molecular formula is C11H17N3O. The minimum atomic E-state index is 0.599. The first-order valence-corrected chi connectivity index (χ1v) is 5.93. The highest BCUT2D eigenvalue weighted by Crippen LogP contribution is 2.62. The van der Waals surface area contributed by atoms with E-state index in [0.717, 1.165) is 30.2 Å². The number of hydrogen-bond donors (Lipinski definition) is 1. The van der Waals surface area contributed by atoms with Gasteiger partial charge in [0.05, 0.1) is 6.54 Å². The Labute approximate surface area is 89.5 Å². The molecule has 1 N–H and O–H groups in total. The van der Waals surface area contributed by atoms with Gasteiger partial charge in [0.25, 0.3) is 0 Å². The van der Waals surface area contributed by atoms with Gasteiger partial charge >= 0.3 is 0 Å². The Morgan fingerprint density at radius 2 is 2.13 bits per heavy atom. The maximum Gasteiger partial charge on any atom is 0.230 e. The van der Waals surface area contributed by atoms with E-state index in [1.165, 1.54) is 19.3 Å². The van der Waals surface area contributed by atoms with Gasteiger partial charge in [0.1, 0.15) is 0 Å². The Morgan fingerprint density at radius 1 is 1.33 bits per heavy atom. The van der Waals surface area contributed by atoms with Crippen LogP contribution in [-0.2, 0) is 6.54 Å². The fourth-order valence-electron chi connectivity index (χ4n) is 2.89. The van der Waals surface area contributed by atoms with Crippen molar-refractivity contribution in [3.63, 3.8) is 0 Å². The molecule has 82 valence electrons. The van der Waals surface area contributed by atoms with Crippen molar-refractivity contribution in [1.82, 2.24) is 15.5 Å². The minimum Gasteiger partial charge on any atom is -0.424 e. The molecule has 1 aromatic rings. The molecule has 2 unspecified atom stereocenters. The standard InChI is InChI=1S/C11H17N3O/c1-2-12-6-9-13-14-11(15-9)10-7-4-3-5-8(7)10/h7-8,10,12H,2-6H2,1H3. The molecule has 3 rings (SSSR count). The van der Waals surface area contributed by atoms with E-state index in [2.05, 4.69) is 22.4 Å². The van der Waals surface area contributed by atoms with Gasteiger partial charge in [-0.1, -0.05) is 13.3 Å². The van der Waals surface area contributed by atoms with Crippen molar-refractivity contribution in [1.29, 1.82) is 0 Å². The lowest BCUT2D eigenvalue weighted by Crippen LogP contribution is -2.11. The Balaban J connectivity index is 1.64. The van der Waals surface area contributed by atoms with E-state index in [1.54, 1.807) is 0 Å². The third kappa shape index (κ3) is 1.57. The fourth-order valence-corrected chi connectivity index (χ4v) is 2.89. The third-order valence-corrected chi connectivity index (χ3v) is 3.70. The van der Waals surface area contributed by atoms with E-state index in [9.17, 15) is 0 Å². The summed E-state index contributed by atoms with van der Waals surface area (Å²) < 4.78 is 5.66. The van der Waals surface area contributed by atoms with Gasteiger partial charge in [0.15, 0.2) is 0 Å². The van der Waals surface area contributed by atoms with E-state index >= 15 is 0 Å². The number of aromatic nitrogens is 2. The van der Waals surface area contributed by atoms with Crippen molar-refractivity contribution in [2.45, 2.75) is 38.6 Å². The molecule has 2 aliphatic rings. The van der Waals surface area contributed by atoms with Crippen LogP contribution < -0.4 is 5.32 Å². The molecule has 4 heteroatoms. The van der Waals surface area contributed by atoms with E-state index in [1.807, 2.05) is 0 Å². The lowest BCUT2D eigenvalue weighted by atomic mass is 10.1. The van der Waals surface area contributed by atoms with Crippen LogP contribution in [-0.4, -0.2) is 16.7 Å². The Morgan fingerprint density at radius 3 is 2.87 bits per heavy atom. The van der Waals surface area contributed by atoms with Gasteiger partial charge in [-0.25, -0.2) is 0 Å². The summed E-state index contributed by atoms with van der Waals surface area (Å²) >= 11 is 0. The normalized spacial score (nSPS) is 33.0. The Kier molecular flexibility index (Phi) is 2.24. The number of nitrogens with zero attached hydrogens (tertiary/aromatic N) is 2. The van der Waals surface area contributed by atoms with Crippen LogP contribution in [0.2, 0.25) is 0 Å². The number of nitrogens with one attached hydrogen (secondary N) is 1. The predicted octanol–water partition coefficient (Wildman–Crippen LogP) is 1.69. The molecule has 0 aromatic carbocycles. The zero-order valence-corrected chi connectivity index (χ0v) is 9.07. The van der Waals surface area contributed by atoms with E-state index in [-0.39, 0.29) is 0 Å². The molecule has 0 spiro atoms. The van der Waals surface area contributed by atoms with Crippen molar-refractivity contribution in [2.75, 3.05) is 6.54 Å². The predicted molar refractivity (Wildman–Crippen MR) is 55.3 cm³/mol. The molecule has 15 heavy (non-hydrogen) atoms. The van der Waals surface area contributed by atoms with Crippen LogP contribution in [0.4, 0.5) is 0 Å². The van der Waals surface area contributed by atoms with Crippen LogP contribution in [0.15, 0.2) is 4.42 Å². The largest absolute Gasteiger partial charge is 0.424 e. The van der Waals surface area contributed by atoms with E-state index in [0.29, 0.717) is 12.5 Å². The van der Waals surface area contributed by atoms with E-state index < -0.39 is 0 Å². The van der Waals surface area contributed by atoms with Crippen LogP contribution >= 0.6 is 0 Å². The Hall–Kier alpha value is -0.900. The highest BCUT2D eigenvalue weighted by Gasteiger charge is 2.56. The number of fused-ring (bicyclic) bond motifs is 1. The van der Waals surface area contributed by atoms with Crippen molar-refractivity contribution in [3.8, 4) is 0 Å². The molecule has 0 radical (unpaired) electrons. The second-order valence-electron chi connectivity index (χ2n) is 4.60. The molecule has 2 fully saturated rings. The smallest absolute Gasteiger partial charge is 0.230 e. The molecule has 0 bridgehead atoms. The summed E-state index contributed by atoms with van der Waals surface area (Å²) in [6.07, 6.45) is 4.12. The number of rotatable bonds is 4. The summed E-state index contributed by atoms with van der Waals surface area (Å²) in [6.45, 7) is 3.71. The Bertz CT molecular complexity index is 339. The first-order chi connectivity index (χ1) is 7.40. The maximum absolute atomic E-state index is 5.66. The SMILES string of the molecule is CCNCc1nnc(C2C3CCCC32)o1. The van der Waals surface area contributed by atoms with Gasteiger partial charge in [0, 0.05) is 5.92 Å². The first-order valence-electron chi connectivity index (χ1n) is 5.93. The molecule has 2 saturated carbocycles. The van der Waals surface area contributed by atoms with Gasteiger partial charge in [-0.05, 0) is 31.2 Å². The summed E-state index contributed by atoms with van der Waals surface area (Å²) in [5.74, 6) is 3.94. The molecule has 1 aromatic heterocycles. The number of hydrogen-bond acceptors (Lipinski definition) is 4. The van der Waals surface area contributed by atoms with Crippen LogP contribution in [0.1, 0.15) is 43.9 Å². The minimum absolute atomic E-state index is 0.599. The average molecular weight is 207 g/mol. The summed E-state index contributed by atoms with van der Waals surface area (Å²) in [6, 6.07) is 0. The van der Waals surface area contributed by atoms with Gasteiger partial charge in [-0.15, -0.1) is 10.2 Å². The summed E-state index contributed by atoms with van der Waals surface area (Å²) in [5, 5.41) is 11.4. The third-order valence-electron chi connectivity index (χ3n) is 3.70. The molecule has 0 aliphatic heterocycles.